The first-order valence-electron chi connectivity index (χ1n) is 9.08. The summed E-state index contributed by atoms with van der Waals surface area (Å²) in [7, 11) is 0. The molecule has 0 unspecified atom stereocenters. The number of aryl methyl sites for hydroxylation is 1. The van der Waals surface area contributed by atoms with Crippen molar-refractivity contribution in [3.8, 4) is 0 Å². The smallest absolute Gasteiger partial charge is 0.265 e. The third-order valence-electron chi connectivity index (χ3n) is 4.32. The minimum absolute atomic E-state index is 0.0997. The lowest BCUT2D eigenvalue weighted by Gasteiger charge is -2.28. The summed E-state index contributed by atoms with van der Waals surface area (Å²) in [6.45, 7) is 4.97. The van der Waals surface area contributed by atoms with Gasteiger partial charge in [-0.1, -0.05) is 6.07 Å². The van der Waals surface area contributed by atoms with Crippen LogP contribution >= 0.6 is 11.3 Å². The summed E-state index contributed by atoms with van der Waals surface area (Å²) in [5.74, 6) is 2.26. The van der Waals surface area contributed by atoms with Crippen molar-refractivity contribution in [3.05, 3.63) is 58.5 Å². The SMILES string of the molecule is Cc1nc(Nc2ccc(NC(=O)c3cccs3)cc2)cc(N2CCOCC2)n1. The summed E-state index contributed by atoms with van der Waals surface area (Å²) < 4.78 is 5.41. The van der Waals surface area contributed by atoms with Gasteiger partial charge in [0.05, 0.1) is 18.1 Å². The molecule has 0 aliphatic carbocycles. The summed E-state index contributed by atoms with van der Waals surface area (Å²) in [6, 6.07) is 13.2. The number of benzene rings is 1. The summed E-state index contributed by atoms with van der Waals surface area (Å²) in [4.78, 5) is 24.0. The number of anilines is 4. The Morgan fingerprint density at radius 3 is 2.57 bits per heavy atom. The van der Waals surface area contributed by atoms with Crippen LogP contribution in [0.3, 0.4) is 0 Å². The lowest BCUT2D eigenvalue weighted by atomic mass is 10.2. The number of rotatable bonds is 5. The molecule has 0 bridgehead atoms. The van der Waals surface area contributed by atoms with Gasteiger partial charge in [-0.2, -0.15) is 0 Å². The van der Waals surface area contributed by atoms with E-state index in [1.165, 1.54) is 11.3 Å². The normalized spacial score (nSPS) is 14.0. The molecule has 4 rings (SSSR count). The number of hydrogen-bond donors (Lipinski definition) is 2. The quantitative estimate of drug-likeness (QED) is 0.686. The van der Waals surface area contributed by atoms with Gasteiger partial charge in [-0.15, -0.1) is 11.3 Å². The third kappa shape index (κ3) is 4.47. The maximum absolute atomic E-state index is 12.1. The molecule has 3 aromatic rings. The molecule has 1 saturated heterocycles. The zero-order valence-corrected chi connectivity index (χ0v) is 16.3. The second kappa shape index (κ2) is 8.37. The number of carbonyl (C=O) groups is 1. The van der Waals surface area contributed by atoms with Gasteiger partial charge in [0.15, 0.2) is 0 Å². The molecule has 2 N–H and O–H groups in total. The Morgan fingerprint density at radius 2 is 1.86 bits per heavy atom. The predicted molar refractivity (Wildman–Crippen MR) is 112 cm³/mol. The van der Waals surface area contributed by atoms with Crippen LogP contribution in [-0.2, 0) is 4.74 Å². The Morgan fingerprint density at radius 1 is 1.11 bits per heavy atom. The highest BCUT2D eigenvalue weighted by Gasteiger charge is 2.14. The highest BCUT2D eigenvalue weighted by molar-refractivity contribution is 7.12. The number of thiophene rings is 1. The van der Waals surface area contributed by atoms with Crippen LogP contribution in [0.2, 0.25) is 0 Å². The van der Waals surface area contributed by atoms with E-state index in [0.717, 1.165) is 36.1 Å². The van der Waals surface area contributed by atoms with Crippen LogP contribution < -0.4 is 15.5 Å². The van der Waals surface area contributed by atoms with Gasteiger partial charge in [0.25, 0.3) is 5.91 Å². The first-order valence-corrected chi connectivity index (χ1v) is 9.96. The number of nitrogens with zero attached hydrogens (tertiary/aromatic N) is 3. The van der Waals surface area contributed by atoms with Crippen molar-refractivity contribution in [3.63, 3.8) is 0 Å². The van der Waals surface area contributed by atoms with Crippen LogP contribution in [0.5, 0.6) is 0 Å². The zero-order chi connectivity index (χ0) is 19.3. The van der Waals surface area contributed by atoms with Crippen LogP contribution in [0, 0.1) is 6.92 Å². The monoisotopic (exact) mass is 395 g/mol. The van der Waals surface area contributed by atoms with Crippen LogP contribution in [0.4, 0.5) is 23.0 Å². The van der Waals surface area contributed by atoms with Crippen LogP contribution in [0.25, 0.3) is 0 Å². The third-order valence-corrected chi connectivity index (χ3v) is 5.19. The summed E-state index contributed by atoms with van der Waals surface area (Å²) in [6.07, 6.45) is 0. The molecule has 1 aromatic carbocycles. The molecule has 0 atom stereocenters. The molecule has 3 heterocycles. The number of amides is 1. The average molecular weight is 395 g/mol. The molecule has 0 radical (unpaired) electrons. The van der Waals surface area contributed by atoms with Crippen molar-refractivity contribution >= 4 is 40.3 Å². The van der Waals surface area contributed by atoms with E-state index < -0.39 is 0 Å². The zero-order valence-electron chi connectivity index (χ0n) is 15.5. The molecule has 0 spiro atoms. The topological polar surface area (TPSA) is 79.4 Å². The van der Waals surface area contributed by atoms with Gasteiger partial charge in [-0.05, 0) is 42.6 Å². The van der Waals surface area contributed by atoms with Crippen molar-refractivity contribution in [2.75, 3.05) is 41.8 Å². The maximum atomic E-state index is 12.1. The van der Waals surface area contributed by atoms with Gasteiger partial charge < -0.3 is 20.3 Å². The van der Waals surface area contributed by atoms with E-state index in [1.54, 1.807) is 6.07 Å². The number of morpholine rings is 1. The summed E-state index contributed by atoms with van der Waals surface area (Å²) >= 11 is 1.42. The minimum atomic E-state index is -0.0997. The lowest BCUT2D eigenvalue weighted by Crippen LogP contribution is -2.36. The van der Waals surface area contributed by atoms with Gasteiger partial charge >= 0.3 is 0 Å². The fraction of sp³-hybridized carbons (Fsp3) is 0.250. The Hall–Kier alpha value is -2.97. The molecule has 8 heteroatoms. The molecule has 144 valence electrons. The lowest BCUT2D eigenvalue weighted by molar-refractivity contribution is 0.103. The molecular formula is C20H21N5O2S. The largest absolute Gasteiger partial charge is 0.378 e. The fourth-order valence-corrected chi connectivity index (χ4v) is 3.57. The molecule has 7 nitrogen and oxygen atoms in total. The van der Waals surface area contributed by atoms with Crippen molar-refractivity contribution in [1.29, 1.82) is 0 Å². The van der Waals surface area contributed by atoms with Crippen LogP contribution in [0.15, 0.2) is 47.8 Å². The molecule has 0 saturated carbocycles. The molecule has 1 aliphatic heterocycles. The Bertz CT molecular complexity index is 938. The Labute approximate surface area is 167 Å². The van der Waals surface area contributed by atoms with E-state index in [2.05, 4.69) is 25.5 Å². The summed E-state index contributed by atoms with van der Waals surface area (Å²) in [5.41, 5.74) is 1.64. The van der Waals surface area contributed by atoms with E-state index in [0.29, 0.717) is 23.9 Å². The van der Waals surface area contributed by atoms with Crippen molar-refractivity contribution in [1.82, 2.24) is 9.97 Å². The van der Waals surface area contributed by atoms with Crippen molar-refractivity contribution < 1.29 is 9.53 Å². The van der Waals surface area contributed by atoms with E-state index in [-0.39, 0.29) is 5.91 Å². The van der Waals surface area contributed by atoms with Crippen LogP contribution in [-0.4, -0.2) is 42.2 Å². The van der Waals surface area contributed by atoms with Crippen LogP contribution in [0.1, 0.15) is 15.5 Å². The van der Waals surface area contributed by atoms with E-state index >= 15 is 0 Å². The second-order valence-electron chi connectivity index (χ2n) is 6.39. The van der Waals surface area contributed by atoms with Crippen molar-refractivity contribution in [2.24, 2.45) is 0 Å². The minimum Gasteiger partial charge on any atom is -0.378 e. The Balaban J connectivity index is 1.44. The fourth-order valence-electron chi connectivity index (χ4n) is 2.96. The molecule has 1 aliphatic rings. The highest BCUT2D eigenvalue weighted by atomic mass is 32.1. The van der Waals surface area contributed by atoms with E-state index in [1.807, 2.05) is 48.7 Å². The van der Waals surface area contributed by atoms with Gasteiger partial charge in [-0.25, -0.2) is 9.97 Å². The average Bonchev–Trinajstić information content (AvgIpc) is 3.25. The van der Waals surface area contributed by atoms with Gasteiger partial charge in [-0.3, -0.25) is 4.79 Å². The number of aromatic nitrogens is 2. The van der Waals surface area contributed by atoms with Gasteiger partial charge in [0, 0.05) is 30.5 Å². The number of hydrogen-bond acceptors (Lipinski definition) is 7. The second-order valence-corrected chi connectivity index (χ2v) is 7.34. The Kier molecular flexibility index (Phi) is 5.50. The molecule has 1 amide bonds. The number of carbonyl (C=O) groups excluding carboxylic acids is 1. The summed E-state index contributed by atoms with van der Waals surface area (Å²) in [5, 5.41) is 8.09. The maximum Gasteiger partial charge on any atom is 0.265 e. The highest BCUT2D eigenvalue weighted by Crippen LogP contribution is 2.22. The van der Waals surface area contributed by atoms with Gasteiger partial charge in [0.2, 0.25) is 0 Å². The molecular weight excluding hydrogens is 374 g/mol. The molecule has 1 fully saturated rings. The van der Waals surface area contributed by atoms with E-state index in [9.17, 15) is 4.79 Å². The first kappa shape index (κ1) is 18.4. The molecule has 2 aromatic heterocycles. The first-order chi connectivity index (χ1) is 13.7. The predicted octanol–water partition coefficient (Wildman–Crippen LogP) is 3.68. The number of ether oxygens (including phenoxy) is 1. The number of nitrogens with one attached hydrogen (secondary N) is 2. The standard InChI is InChI=1S/C20H21N5O2S/c1-14-21-18(13-19(22-14)25-8-10-27-11-9-25)23-15-4-6-16(7-5-15)24-20(26)17-3-2-12-28-17/h2-7,12-13H,8-11H2,1H3,(H,24,26)(H,21,22,23). The van der Waals surface area contributed by atoms with Crippen molar-refractivity contribution in [2.45, 2.75) is 6.92 Å². The molecule has 28 heavy (non-hydrogen) atoms. The van der Waals surface area contributed by atoms with E-state index in [4.69, 9.17) is 4.74 Å². The van der Waals surface area contributed by atoms with Gasteiger partial charge in [0.1, 0.15) is 17.5 Å².